The van der Waals surface area contributed by atoms with E-state index in [0.29, 0.717) is 5.52 Å². The number of thiophene rings is 1. The zero-order chi connectivity index (χ0) is 17.2. The summed E-state index contributed by atoms with van der Waals surface area (Å²) in [5.41, 5.74) is 3.43. The van der Waals surface area contributed by atoms with Crippen LogP contribution >= 0.6 is 11.3 Å². The van der Waals surface area contributed by atoms with Crippen molar-refractivity contribution >= 4 is 28.1 Å². The van der Waals surface area contributed by atoms with Crippen molar-refractivity contribution in [1.29, 1.82) is 0 Å². The molecule has 0 aliphatic carbocycles. The molecule has 4 aromatic rings. The molecule has 1 aromatic carbocycles. The highest BCUT2D eigenvalue weighted by Gasteiger charge is 2.24. The SMILES string of the molecule is Cc1ccc2ccc([C@H](Nc3cccc[nH+]3)c3ccsc3)c(O)c2n1. The average molecular weight is 348 g/mol. The highest BCUT2D eigenvalue weighted by Crippen LogP contribution is 2.36. The molecule has 0 bridgehead atoms. The van der Waals surface area contributed by atoms with Crippen LogP contribution in [0.25, 0.3) is 10.9 Å². The van der Waals surface area contributed by atoms with Gasteiger partial charge in [-0.25, -0.2) is 9.97 Å². The number of hydrogen-bond acceptors (Lipinski definition) is 4. The number of hydrogen-bond donors (Lipinski definition) is 2. The van der Waals surface area contributed by atoms with Gasteiger partial charge in [0.15, 0.2) is 0 Å². The number of rotatable bonds is 4. The number of benzene rings is 1. The molecule has 0 radical (unpaired) electrons. The van der Waals surface area contributed by atoms with Gasteiger partial charge in [-0.3, -0.25) is 5.32 Å². The molecule has 25 heavy (non-hydrogen) atoms. The molecule has 0 fully saturated rings. The number of phenolic OH excluding ortho intramolecular Hbond substituents is 1. The molecule has 0 amide bonds. The third-order valence-electron chi connectivity index (χ3n) is 4.20. The maximum absolute atomic E-state index is 10.9. The van der Waals surface area contributed by atoms with Gasteiger partial charge >= 0.3 is 0 Å². The minimum absolute atomic E-state index is 0.170. The van der Waals surface area contributed by atoms with Crippen LogP contribution in [0.5, 0.6) is 5.75 Å². The largest absolute Gasteiger partial charge is 0.505 e. The Hall–Kier alpha value is -2.92. The number of nitrogens with zero attached hydrogens (tertiary/aromatic N) is 1. The molecule has 0 aliphatic heterocycles. The van der Waals surface area contributed by atoms with Crippen LogP contribution in [0, 0.1) is 6.92 Å². The van der Waals surface area contributed by atoms with Crippen molar-refractivity contribution in [2.75, 3.05) is 5.32 Å². The number of fused-ring (bicyclic) bond motifs is 1. The summed E-state index contributed by atoms with van der Waals surface area (Å²) in [6.45, 7) is 1.93. The van der Waals surface area contributed by atoms with Gasteiger partial charge in [-0.1, -0.05) is 18.2 Å². The Morgan fingerprint density at radius 3 is 2.76 bits per heavy atom. The number of pyridine rings is 2. The smallest absolute Gasteiger partial charge is 0.272 e. The molecule has 5 heteroatoms. The average Bonchev–Trinajstić information content (AvgIpc) is 3.16. The van der Waals surface area contributed by atoms with Gasteiger partial charge in [0, 0.05) is 28.3 Å². The number of aromatic amines is 1. The van der Waals surface area contributed by atoms with Gasteiger partial charge in [-0.05, 0) is 41.9 Å². The predicted molar refractivity (Wildman–Crippen MR) is 101 cm³/mol. The van der Waals surface area contributed by atoms with Crippen molar-refractivity contribution in [3.05, 3.63) is 82.3 Å². The minimum atomic E-state index is -0.170. The molecule has 0 spiro atoms. The van der Waals surface area contributed by atoms with Crippen molar-refractivity contribution in [2.45, 2.75) is 13.0 Å². The van der Waals surface area contributed by atoms with Gasteiger partial charge in [0.05, 0.1) is 6.20 Å². The van der Waals surface area contributed by atoms with Crippen molar-refractivity contribution in [3.63, 3.8) is 0 Å². The molecule has 0 unspecified atom stereocenters. The second kappa shape index (κ2) is 6.53. The zero-order valence-corrected chi connectivity index (χ0v) is 14.5. The van der Waals surface area contributed by atoms with Crippen molar-refractivity contribution in [1.82, 2.24) is 4.98 Å². The van der Waals surface area contributed by atoms with E-state index < -0.39 is 0 Å². The number of aromatic hydroxyl groups is 1. The molecule has 3 heterocycles. The van der Waals surface area contributed by atoms with Crippen LogP contribution in [0.1, 0.15) is 22.9 Å². The number of aryl methyl sites for hydroxylation is 1. The Morgan fingerprint density at radius 1 is 1.12 bits per heavy atom. The second-order valence-electron chi connectivity index (χ2n) is 5.94. The molecule has 124 valence electrons. The monoisotopic (exact) mass is 348 g/mol. The lowest BCUT2D eigenvalue weighted by atomic mass is 9.98. The van der Waals surface area contributed by atoms with Gasteiger partial charge in [0.2, 0.25) is 0 Å². The topological polar surface area (TPSA) is 59.3 Å². The van der Waals surface area contributed by atoms with Crippen LogP contribution in [-0.4, -0.2) is 10.1 Å². The lowest BCUT2D eigenvalue weighted by Gasteiger charge is -2.16. The summed E-state index contributed by atoms with van der Waals surface area (Å²) in [5.74, 6) is 1.11. The maximum Gasteiger partial charge on any atom is 0.272 e. The van der Waals surface area contributed by atoms with E-state index in [1.165, 1.54) is 0 Å². The van der Waals surface area contributed by atoms with Crippen LogP contribution in [0.4, 0.5) is 5.82 Å². The summed E-state index contributed by atoms with van der Waals surface area (Å²) in [7, 11) is 0. The maximum atomic E-state index is 10.9. The van der Waals surface area contributed by atoms with Crippen LogP contribution in [0.2, 0.25) is 0 Å². The van der Waals surface area contributed by atoms with E-state index in [0.717, 1.165) is 28.0 Å². The zero-order valence-electron chi connectivity index (χ0n) is 13.7. The minimum Gasteiger partial charge on any atom is -0.505 e. The summed E-state index contributed by atoms with van der Waals surface area (Å²) >= 11 is 1.64. The summed E-state index contributed by atoms with van der Waals surface area (Å²) in [5, 5.41) is 19.5. The van der Waals surface area contributed by atoms with Crippen LogP contribution in [-0.2, 0) is 0 Å². The first-order chi connectivity index (χ1) is 12.2. The van der Waals surface area contributed by atoms with Crippen molar-refractivity contribution in [3.8, 4) is 5.75 Å². The van der Waals surface area contributed by atoms with E-state index in [-0.39, 0.29) is 11.8 Å². The number of H-pyrrole nitrogens is 1. The van der Waals surface area contributed by atoms with E-state index in [1.807, 2.05) is 61.0 Å². The van der Waals surface area contributed by atoms with E-state index in [1.54, 1.807) is 11.3 Å². The molecular weight excluding hydrogens is 330 g/mol. The third-order valence-corrected chi connectivity index (χ3v) is 4.90. The Bertz CT molecular complexity index is 1000. The molecule has 0 aliphatic rings. The Labute approximate surface area is 149 Å². The fourth-order valence-corrected chi connectivity index (χ4v) is 3.62. The first-order valence-corrected chi connectivity index (χ1v) is 9.01. The van der Waals surface area contributed by atoms with Crippen LogP contribution in [0.3, 0.4) is 0 Å². The fourth-order valence-electron chi connectivity index (χ4n) is 2.94. The number of nitrogens with one attached hydrogen (secondary N) is 2. The van der Waals surface area contributed by atoms with Crippen LogP contribution < -0.4 is 10.3 Å². The second-order valence-corrected chi connectivity index (χ2v) is 6.72. The Balaban J connectivity index is 1.84. The molecular formula is C20H18N3OS+. The normalized spacial score (nSPS) is 12.2. The summed E-state index contributed by atoms with van der Waals surface area (Å²) in [6.07, 6.45) is 1.87. The standard InChI is InChI=1S/C20H17N3OS/c1-13-5-6-14-7-8-16(20(24)19(14)22-13)18(15-9-11-25-12-15)23-17-4-2-3-10-21-17/h2-12,18,24H,1H3,(H,21,23)/p+1/t18-/m1/s1. The molecule has 0 saturated heterocycles. The first kappa shape index (κ1) is 15.6. The summed E-state index contributed by atoms with van der Waals surface area (Å²) < 4.78 is 0. The third kappa shape index (κ3) is 3.06. The predicted octanol–water partition coefficient (Wildman–Crippen LogP) is 4.33. The van der Waals surface area contributed by atoms with Gasteiger partial charge < -0.3 is 5.11 Å². The molecule has 1 atom stereocenters. The Morgan fingerprint density at radius 2 is 2.00 bits per heavy atom. The number of anilines is 1. The molecule has 3 N–H and O–H groups in total. The van der Waals surface area contributed by atoms with Crippen LogP contribution in [0.15, 0.2) is 65.5 Å². The quantitative estimate of drug-likeness (QED) is 0.577. The first-order valence-electron chi connectivity index (χ1n) is 8.07. The van der Waals surface area contributed by atoms with Gasteiger partial charge in [0.1, 0.15) is 17.3 Å². The van der Waals surface area contributed by atoms with E-state index in [2.05, 4.69) is 26.7 Å². The van der Waals surface area contributed by atoms with E-state index >= 15 is 0 Å². The highest BCUT2D eigenvalue weighted by molar-refractivity contribution is 7.08. The molecule has 4 nitrogen and oxygen atoms in total. The Kier molecular flexibility index (Phi) is 4.07. The van der Waals surface area contributed by atoms with Crippen molar-refractivity contribution < 1.29 is 10.1 Å². The number of aromatic nitrogens is 2. The molecule has 0 saturated carbocycles. The lowest BCUT2D eigenvalue weighted by Crippen LogP contribution is -2.18. The summed E-state index contributed by atoms with van der Waals surface area (Å²) in [6, 6.07) is 15.7. The van der Waals surface area contributed by atoms with Gasteiger partial charge in [-0.2, -0.15) is 11.3 Å². The fraction of sp³-hybridized carbons (Fsp3) is 0.100. The van der Waals surface area contributed by atoms with E-state index in [9.17, 15) is 5.11 Å². The van der Waals surface area contributed by atoms with E-state index in [4.69, 9.17) is 0 Å². The summed E-state index contributed by atoms with van der Waals surface area (Å²) in [4.78, 5) is 7.71. The molecule has 3 aromatic heterocycles. The molecule has 4 rings (SSSR count). The van der Waals surface area contributed by atoms with Gasteiger partial charge in [-0.15, -0.1) is 0 Å². The highest BCUT2D eigenvalue weighted by atomic mass is 32.1. The number of phenols is 1. The van der Waals surface area contributed by atoms with Gasteiger partial charge in [0.25, 0.3) is 5.82 Å². The van der Waals surface area contributed by atoms with Crippen molar-refractivity contribution in [2.24, 2.45) is 0 Å². The lowest BCUT2D eigenvalue weighted by molar-refractivity contribution is -0.361.